The van der Waals surface area contributed by atoms with Gasteiger partial charge < -0.3 is 20.3 Å². The van der Waals surface area contributed by atoms with Crippen molar-refractivity contribution in [3.63, 3.8) is 0 Å². The SMILES string of the molecule is N[C@@H](CO)C(=O)OC1CCOC1. The largest absolute Gasteiger partial charge is 0.459 e. The molecule has 1 fully saturated rings. The third-order valence-electron chi connectivity index (χ3n) is 1.67. The van der Waals surface area contributed by atoms with Gasteiger partial charge in [-0.05, 0) is 0 Å². The highest BCUT2D eigenvalue weighted by Gasteiger charge is 2.22. The van der Waals surface area contributed by atoms with Gasteiger partial charge in [0.15, 0.2) is 0 Å². The van der Waals surface area contributed by atoms with E-state index in [-0.39, 0.29) is 12.7 Å². The summed E-state index contributed by atoms with van der Waals surface area (Å²) in [5.74, 6) is -0.562. The third kappa shape index (κ3) is 2.44. The standard InChI is InChI=1S/C7H13NO4/c8-6(3-9)7(10)12-5-1-2-11-4-5/h5-6,9H,1-4,8H2/t5?,6-/m0/s1. The minimum atomic E-state index is -0.925. The average molecular weight is 175 g/mol. The zero-order chi connectivity index (χ0) is 8.97. The molecule has 5 nitrogen and oxygen atoms in total. The van der Waals surface area contributed by atoms with Crippen LogP contribution >= 0.6 is 0 Å². The van der Waals surface area contributed by atoms with Gasteiger partial charge in [-0.3, -0.25) is 4.79 Å². The highest BCUT2D eigenvalue weighted by Crippen LogP contribution is 2.08. The molecule has 0 amide bonds. The molecule has 12 heavy (non-hydrogen) atoms. The minimum Gasteiger partial charge on any atom is -0.459 e. The summed E-state index contributed by atoms with van der Waals surface area (Å²) in [6.45, 7) is 0.669. The van der Waals surface area contributed by atoms with Crippen LogP contribution in [0.3, 0.4) is 0 Å². The highest BCUT2D eigenvalue weighted by atomic mass is 16.6. The summed E-state index contributed by atoms with van der Waals surface area (Å²) >= 11 is 0. The molecule has 0 radical (unpaired) electrons. The summed E-state index contributed by atoms with van der Waals surface area (Å²) in [6.07, 6.45) is 0.527. The summed E-state index contributed by atoms with van der Waals surface area (Å²) in [5.41, 5.74) is 5.23. The molecular formula is C7H13NO4. The molecule has 0 aliphatic carbocycles. The maximum Gasteiger partial charge on any atom is 0.325 e. The van der Waals surface area contributed by atoms with Crippen molar-refractivity contribution in [1.29, 1.82) is 0 Å². The molecule has 5 heteroatoms. The Morgan fingerprint density at radius 2 is 2.58 bits per heavy atom. The molecule has 1 saturated heterocycles. The fraction of sp³-hybridized carbons (Fsp3) is 0.857. The zero-order valence-corrected chi connectivity index (χ0v) is 6.73. The van der Waals surface area contributed by atoms with E-state index >= 15 is 0 Å². The van der Waals surface area contributed by atoms with Crippen LogP contribution in [0.25, 0.3) is 0 Å². The fourth-order valence-electron chi connectivity index (χ4n) is 0.932. The molecule has 1 rings (SSSR count). The van der Waals surface area contributed by atoms with Crippen LogP contribution in [0.2, 0.25) is 0 Å². The second-order valence-corrected chi connectivity index (χ2v) is 2.71. The van der Waals surface area contributed by atoms with Gasteiger partial charge in [-0.25, -0.2) is 0 Å². The lowest BCUT2D eigenvalue weighted by Gasteiger charge is -2.12. The summed E-state index contributed by atoms with van der Waals surface area (Å²) < 4.78 is 9.91. The minimum absolute atomic E-state index is 0.185. The Balaban J connectivity index is 2.25. The number of rotatable bonds is 3. The first-order valence-corrected chi connectivity index (χ1v) is 3.88. The van der Waals surface area contributed by atoms with Gasteiger partial charge in [0, 0.05) is 6.42 Å². The summed E-state index contributed by atoms with van der Waals surface area (Å²) in [6, 6.07) is -0.925. The summed E-state index contributed by atoms with van der Waals surface area (Å²) in [7, 11) is 0. The maximum atomic E-state index is 11.0. The van der Waals surface area contributed by atoms with E-state index in [4.69, 9.17) is 20.3 Å². The van der Waals surface area contributed by atoms with Crippen molar-refractivity contribution >= 4 is 5.97 Å². The van der Waals surface area contributed by atoms with Crippen LogP contribution in [0, 0.1) is 0 Å². The first-order chi connectivity index (χ1) is 5.74. The van der Waals surface area contributed by atoms with E-state index in [9.17, 15) is 4.79 Å². The number of nitrogens with two attached hydrogens (primary N) is 1. The van der Waals surface area contributed by atoms with Crippen molar-refractivity contribution in [2.75, 3.05) is 19.8 Å². The van der Waals surface area contributed by atoms with E-state index in [1.165, 1.54) is 0 Å². The van der Waals surface area contributed by atoms with Gasteiger partial charge in [0.2, 0.25) is 0 Å². The molecule has 1 aliphatic rings. The summed E-state index contributed by atoms with van der Waals surface area (Å²) in [5, 5.41) is 8.52. The van der Waals surface area contributed by atoms with Crippen LogP contribution in [0.5, 0.6) is 0 Å². The van der Waals surface area contributed by atoms with Crippen LogP contribution in [0.4, 0.5) is 0 Å². The molecule has 3 N–H and O–H groups in total. The fourth-order valence-corrected chi connectivity index (χ4v) is 0.932. The van der Waals surface area contributed by atoms with E-state index in [0.29, 0.717) is 19.6 Å². The number of hydrogen-bond acceptors (Lipinski definition) is 5. The number of hydrogen-bond donors (Lipinski definition) is 2. The molecule has 0 aromatic heterocycles. The van der Waals surface area contributed by atoms with Crippen molar-refractivity contribution < 1.29 is 19.4 Å². The molecule has 1 unspecified atom stereocenters. The number of aliphatic hydroxyl groups is 1. The molecule has 70 valence electrons. The monoisotopic (exact) mass is 175 g/mol. The van der Waals surface area contributed by atoms with Gasteiger partial charge in [-0.1, -0.05) is 0 Å². The van der Waals surface area contributed by atoms with Gasteiger partial charge in [-0.2, -0.15) is 0 Å². The Kier molecular flexibility index (Phi) is 3.46. The van der Waals surface area contributed by atoms with Crippen molar-refractivity contribution in [1.82, 2.24) is 0 Å². The number of aliphatic hydroxyl groups excluding tert-OH is 1. The third-order valence-corrected chi connectivity index (χ3v) is 1.67. The number of ether oxygens (including phenoxy) is 2. The van der Waals surface area contributed by atoms with E-state index in [1.807, 2.05) is 0 Å². The van der Waals surface area contributed by atoms with Crippen LogP contribution in [0.15, 0.2) is 0 Å². The Morgan fingerprint density at radius 1 is 1.83 bits per heavy atom. The molecule has 0 aromatic carbocycles. The summed E-state index contributed by atoms with van der Waals surface area (Å²) in [4.78, 5) is 11.0. The smallest absolute Gasteiger partial charge is 0.325 e. The van der Waals surface area contributed by atoms with E-state index in [0.717, 1.165) is 0 Å². The molecule has 2 atom stereocenters. The molecule has 1 aliphatic heterocycles. The molecule has 0 spiro atoms. The van der Waals surface area contributed by atoms with Crippen LogP contribution in [-0.2, 0) is 14.3 Å². The van der Waals surface area contributed by atoms with Crippen molar-refractivity contribution in [2.24, 2.45) is 5.73 Å². The van der Waals surface area contributed by atoms with Gasteiger partial charge in [0.05, 0.1) is 19.8 Å². The van der Waals surface area contributed by atoms with Crippen LogP contribution in [0.1, 0.15) is 6.42 Å². The lowest BCUT2D eigenvalue weighted by Crippen LogP contribution is -2.37. The van der Waals surface area contributed by atoms with Crippen molar-refractivity contribution in [3.8, 4) is 0 Å². The maximum absolute atomic E-state index is 11.0. The number of carbonyl (C=O) groups excluding carboxylic acids is 1. The van der Waals surface area contributed by atoms with Crippen molar-refractivity contribution in [2.45, 2.75) is 18.6 Å². The lowest BCUT2D eigenvalue weighted by molar-refractivity contribution is -0.151. The lowest BCUT2D eigenvalue weighted by atomic mass is 10.3. The van der Waals surface area contributed by atoms with Gasteiger partial charge >= 0.3 is 5.97 Å². The molecule has 0 aromatic rings. The first-order valence-electron chi connectivity index (χ1n) is 3.88. The second kappa shape index (κ2) is 4.39. The zero-order valence-electron chi connectivity index (χ0n) is 6.73. The van der Waals surface area contributed by atoms with Gasteiger partial charge in [0.25, 0.3) is 0 Å². The number of carbonyl (C=O) groups is 1. The Hall–Kier alpha value is -0.650. The van der Waals surface area contributed by atoms with E-state index in [2.05, 4.69) is 0 Å². The van der Waals surface area contributed by atoms with E-state index < -0.39 is 12.0 Å². The predicted octanol–water partition coefficient (Wildman–Crippen LogP) is -1.36. The van der Waals surface area contributed by atoms with Crippen LogP contribution in [-0.4, -0.2) is 43.0 Å². The first kappa shape index (κ1) is 9.44. The molecule has 0 saturated carbocycles. The second-order valence-electron chi connectivity index (χ2n) is 2.71. The normalized spacial score (nSPS) is 25.3. The predicted molar refractivity (Wildman–Crippen MR) is 40.4 cm³/mol. The number of esters is 1. The van der Waals surface area contributed by atoms with Crippen molar-refractivity contribution in [3.05, 3.63) is 0 Å². The quantitative estimate of drug-likeness (QED) is 0.518. The molecule has 1 heterocycles. The van der Waals surface area contributed by atoms with Gasteiger partial charge in [0.1, 0.15) is 12.1 Å². The average Bonchev–Trinajstić information content (AvgIpc) is 2.55. The van der Waals surface area contributed by atoms with Gasteiger partial charge in [-0.15, -0.1) is 0 Å². The van der Waals surface area contributed by atoms with Crippen LogP contribution < -0.4 is 5.73 Å². The molecular weight excluding hydrogens is 162 g/mol. The topological polar surface area (TPSA) is 81.8 Å². The Bertz CT molecular complexity index is 155. The van der Waals surface area contributed by atoms with E-state index in [1.54, 1.807) is 0 Å². The molecule has 0 bridgehead atoms. The highest BCUT2D eigenvalue weighted by molar-refractivity contribution is 5.75. The Labute approximate surface area is 70.4 Å². The Morgan fingerprint density at radius 3 is 3.08 bits per heavy atom.